The van der Waals surface area contributed by atoms with Crippen molar-refractivity contribution in [3.05, 3.63) is 40.2 Å². The molecule has 1 heterocycles. The van der Waals surface area contributed by atoms with Crippen molar-refractivity contribution in [2.75, 3.05) is 0 Å². The maximum Gasteiger partial charge on any atom is 0.491 e. The highest BCUT2D eigenvalue weighted by molar-refractivity contribution is 6.60. The minimum atomic E-state index is -1.24. The van der Waals surface area contributed by atoms with Crippen LogP contribution < -0.4 is 11.1 Å². The summed E-state index contributed by atoms with van der Waals surface area (Å²) < 4.78 is 10.7. The molecular weight excluding hydrogens is 283 g/mol. The molecule has 0 aliphatic rings. The largest absolute Gasteiger partial charge is 0.491 e. The molecule has 0 aliphatic carbocycles. The van der Waals surface area contributed by atoms with E-state index in [1.807, 2.05) is 6.92 Å². The molecule has 0 saturated heterocycles. The van der Waals surface area contributed by atoms with Gasteiger partial charge in [-0.1, -0.05) is 12.1 Å². The summed E-state index contributed by atoms with van der Waals surface area (Å²) in [6.07, 6.45) is 0. The predicted octanol–water partition coefficient (Wildman–Crippen LogP) is 1.36. The second-order valence-corrected chi connectivity index (χ2v) is 6.54. The summed E-state index contributed by atoms with van der Waals surface area (Å²) in [5.74, 6) is 0. The Morgan fingerprint density at radius 1 is 1.18 bits per heavy atom. The Bertz CT molecular complexity index is 742. The minimum Gasteiger partial charge on any atom is -0.423 e. The van der Waals surface area contributed by atoms with Crippen molar-refractivity contribution in [3.63, 3.8) is 0 Å². The van der Waals surface area contributed by atoms with E-state index in [0.717, 1.165) is 10.9 Å². The average molecular weight is 304 g/mol. The van der Waals surface area contributed by atoms with Gasteiger partial charge in [0.1, 0.15) is 5.58 Å². The fraction of sp³-hybridized carbons (Fsp3) is 0.438. The third-order valence-electron chi connectivity index (χ3n) is 4.14. The van der Waals surface area contributed by atoms with E-state index in [2.05, 4.69) is 0 Å². The Hall–Kier alpha value is -1.63. The number of aliphatic hydroxyl groups is 1. The molecular formula is C16H21BO5. The lowest BCUT2D eigenvalue weighted by atomic mass is 9.76. The van der Waals surface area contributed by atoms with Crippen LogP contribution in [0, 0.1) is 6.92 Å². The Morgan fingerprint density at radius 2 is 1.82 bits per heavy atom. The van der Waals surface area contributed by atoms with Crippen LogP contribution in [0.5, 0.6) is 0 Å². The molecule has 1 aromatic carbocycles. The summed E-state index contributed by atoms with van der Waals surface area (Å²) >= 11 is 0. The van der Waals surface area contributed by atoms with Crippen molar-refractivity contribution in [1.82, 2.24) is 0 Å². The molecule has 2 aromatic rings. The van der Waals surface area contributed by atoms with Gasteiger partial charge >= 0.3 is 12.7 Å². The minimum absolute atomic E-state index is 0.395. The third-order valence-corrected chi connectivity index (χ3v) is 4.14. The van der Waals surface area contributed by atoms with Crippen LogP contribution in [0.1, 0.15) is 33.3 Å². The number of benzene rings is 1. The number of hydrogen-bond donors (Lipinski definition) is 2. The van der Waals surface area contributed by atoms with Gasteiger partial charge in [0, 0.05) is 11.5 Å². The van der Waals surface area contributed by atoms with Gasteiger partial charge in [-0.3, -0.25) is 0 Å². The number of fused-ring (bicyclic) bond motifs is 1. The van der Waals surface area contributed by atoms with Crippen LogP contribution in [-0.4, -0.2) is 28.5 Å². The molecule has 0 atom stereocenters. The highest BCUT2D eigenvalue weighted by Crippen LogP contribution is 2.25. The van der Waals surface area contributed by atoms with Crippen LogP contribution in [0.15, 0.2) is 33.5 Å². The van der Waals surface area contributed by atoms with Gasteiger partial charge in [0.05, 0.1) is 11.2 Å². The number of hydrogen-bond acceptors (Lipinski definition) is 5. The fourth-order valence-corrected chi connectivity index (χ4v) is 1.99. The van der Waals surface area contributed by atoms with E-state index in [1.54, 1.807) is 45.9 Å². The normalized spacial score (nSPS) is 12.7. The molecule has 0 saturated carbocycles. The smallest absolute Gasteiger partial charge is 0.423 e. The van der Waals surface area contributed by atoms with Crippen LogP contribution in [0.25, 0.3) is 11.0 Å². The molecule has 0 amide bonds. The van der Waals surface area contributed by atoms with E-state index >= 15 is 0 Å². The molecule has 0 unspecified atom stereocenters. The summed E-state index contributed by atoms with van der Waals surface area (Å²) in [5.41, 5.74) is -0.868. The first-order valence-corrected chi connectivity index (χ1v) is 7.14. The third kappa shape index (κ3) is 3.24. The van der Waals surface area contributed by atoms with Gasteiger partial charge in [0.15, 0.2) is 0 Å². The Kier molecular flexibility index (Phi) is 4.21. The second kappa shape index (κ2) is 5.54. The standard InChI is InChI=1S/C16H21BO5/c1-10-8-14(18)21-13-9-11(6-7-12(10)13)17(20)22-16(4,5)15(2,3)19/h6-9,19-20H,1-5H3. The fourth-order valence-electron chi connectivity index (χ4n) is 1.99. The summed E-state index contributed by atoms with van der Waals surface area (Å²) in [6, 6.07) is 6.48. The van der Waals surface area contributed by atoms with Crippen LogP contribution >= 0.6 is 0 Å². The Labute approximate surface area is 129 Å². The molecule has 0 aliphatic heterocycles. The van der Waals surface area contributed by atoms with E-state index in [1.165, 1.54) is 6.07 Å². The Balaban J connectivity index is 2.37. The summed E-state index contributed by atoms with van der Waals surface area (Å²) in [4.78, 5) is 11.5. The van der Waals surface area contributed by atoms with E-state index in [9.17, 15) is 14.9 Å². The van der Waals surface area contributed by atoms with E-state index < -0.39 is 23.9 Å². The molecule has 118 valence electrons. The highest BCUT2D eigenvalue weighted by atomic mass is 16.5. The first-order valence-electron chi connectivity index (χ1n) is 7.14. The molecule has 6 heteroatoms. The lowest BCUT2D eigenvalue weighted by Gasteiger charge is -2.38. The van der Waals surface area contributed by atoms with Crippen molar-refractivity contribution in [1.29, 1.82) is 0 Å². The SMILES string of the molecule is Cc1cc(=O)oc2cc(B(O)OC(C)(C)C(C)(C)O)ccc12. The molecule has 0 radical (unpaired) electrons. The molecule has 2 N–H and O–H groups in total. The van der Waals surface area contributed by atoms with Crippen molar-refractivity contribution in [3.8, 4) is 0 Å². The van der Waals surface area contributed by atoms with Crippen molar-refractivity contribution in [2.45, 2.75) is 45.8 Å². The molecule has 0 spiro atoms. The summed E-state index contributed by atoms with van der Waals surface area (Å²) in [6.45, 7) is 8.44. The zero-order chi connectivity index (χ0) is 16.7. The lowest BCUT2D eigenvalue weighted by Crippen LogP contribution is -2.53. The zero-order valence-electron chi connectivity index (χ0n) is 13.5. The zero-order valence-corrected chi connectivity index (χ0v) is 13.5. The topological polar surface area (TPSA) is 79.9 Å². The van der Waals surface area contributed by atoms with Gasteiger partial charge in [0.25, 0.3) is 0 Å². The molecule has 1 aromatic heterocycles. The molecule has 0 fully saturated rings. The first kappa shape index (κ1) is 16.7. The van der Waals surface area contributed by atoms with Crippen molar-refractivity contribution in [2.24, 2.45) is 0 Å². The maximum absolute atomic E-state index is 11.5. The second-order valence-electron chi connectivity index (χ2n) is 6.54. The van der Waals surface area contributed by atoms with E-state index in [-0.39, 0.29) is 0 Å². The van der Waals surface area contributed by atoms with Crippen molar-refractivity contribution < 1.29 is 19.2 Å². The monoisotopic (exact) mass is 304 g/mol. The summed E-state index contributed by atoms with van der Waals surface area (Å²) in [7, 11) is -1.24. The van der Waals surface area contributed by atoms with Gasteiger partial charge in [-0.15, -0.1) is 0 Å². The van der Waals surface area contributed by atoms with Crippen LogP contribution in [0.2, 0.25) is 0 Å². The molecule has 0 bridgehead atoms. The van der Waals surface area contributed by atoms with E-state index in [4.69, 9.17) is 9.07 Å². The van der Waals surface area contributed by atoms with Gasteiger partial charge in [-0.05, 0) is 51.7 Å². The van der Waals surface area contributed by atoms with Crippen LogP contribution in [0.3, 0.4) is 0 Å². The van der Waals surface area contributed by atoms with Gasteiger partial charge in [-0.2, -0.15) is 0 Å². The van der Waals surface area contributed by atoms with Crippen molar-refractivity contribution >= 4 is 23.6 Å². The van der Waals surface area contributed by atoms with Crippen LogP contribution in [0.4, 0.5) is 0 Å². The molecule has 5 nitrogen and oxygen atoms in total. The Morgan fingerprint density at radius 3 is 2.41 bits per heavy atom. The average Bonchev–Trinajstić information content (AvgIpc) is 2.35. The number of aryl methyl sites for hydroxylation is 1. The quantitative estimate of drug-likeness (QED) is 0.658. The van der Waals surface area contributed by atoms with Gasteiger partial charge < -0.3 is 19.2 Å². The highest BCUT2D eigenvalue weighted by Gasteiger charge is 2.39. The molecule has 22 heavy (non-hydrogen) atoms. The molecule has 2 rings (SSSR count). The predicted molar refractivity (Wildman–Crippen MR) is 86.3 cm³/mol. The summed E-state index contributed by atoms with van der Waals surface area (Å²) in [5, 5.41) is 21.2. The van der Waals surface area contributed by atoms with Gasteiger partial charge in [0.2, 0.25) is 0 Å². The number of rotatable bonds is 4. The van der Waals surface area contributed by atoms with E-state index in [0.29, 0.717) is 11.0 Å². The van der Waals surface area contributed by atoms with Crippen LogP contribution in [-0.2, 0) is 4.65 Å². The maximum atomic E-state index is 11.5. The van der Waals surface area contributed by atoms with Gasteiger partial charge in [-0.25, -0.2) is 4.79 Å². The first-order chi connectivity index (χ1) is 10.0. The lowest BCUT2D eigenvalue weighted by molar-refractivity contribution is -0.0982.